The molecular weight excluding hydrogens is 250 g/mol. The maximum atomic E-state index is 5.93. The van der Waals surface area contributed by atoms with Crippen LogP contribution in [0.1, 0.15) is 38.8 Å². The van der Waals surface area contributed by atoms with Crippen LogP contribution in [-0.4, -0.2) is 9.78 Å². The van der Waals surface area contributed by atoms with E-state index in [1.807, 2.05) is 13.1 Å². The molecule has 2 aromatic rings. The molecule has 0 spiro atoms. The number of nitrogen functional groups attached to an aromatic ring is 1. The summed E-state index contributed by atoms with van der Waals surface area (Å²) in [7, 11) is 1.83. The van der Waals surface area contributed by atoms with Gasteiger partial charge in [0.05, 0.1) is 6.20 Å². The Morgan fingerprint density at radius 1 is 1.30 bits per heavy atom. The predicted octanol–water partition coefficient (Wildman–Crippen LogP) is 3.65. The Balaban J connectivity index is 2.43. The minimum Gasteiger partial charge on any atom is -0.436 e. The highest BCUT2D eigenvalue weighted by Gasteiger charge is 2.21. The predicted molar refractivity (Wildman–Crippen MR) is 82.2 cm³/mol. The molecule has 1 aromatic heterocycles. The van der Waals surface area contributed by atoms with Gasteiger partial charge in [-0.25, -0.2) is 0 Å². The van der Waals surface area contributed by atoms with Crippen LogP contribution in [0.3, 0.4) is 0 Å². The molecule has 108 valence electrons. The van der Waals surface area contributed by atoms with Crippen molar-refractivity contribution in [1.29, 1.82) is 0 Å². The van der Waals surface area contributed by atoms with Gasteiger partial charge in [0.15, 0.2) is 0 Å². The van der Waals surface area contributed by atoms with E-state index in [1.54, 1.807) is 10.9 Å². The molecule has 0 saturated carbocycles. The molecule has 0 aliphatic rings. The highest BCUT2D eigenvalue weighted by molar-refractivity contribution is 5.50. The van der Waals surface area contributed by atoms with Gasteiger partial charge in [0.1, 0.15) is 11.4 Å². The van der Waals surface area contributed by atoms with Gasteiger partial charge in [-0.05, 0) is 23.5 Å². The minimum atomic E-state index is 0.00402. The number of benzene rings is 1. The number of aryl methyl sites for hydroxylation is 2. The summed E-state index contributed by atoms with van der Waals surface area (Å²) in [6.45, 7) is 8.68. The summed E-state index contributed by atoms with van der Waals surface area (Å²) in [5.74, 6) is 1.28. The van der Waals surface area contributed by atoms with E-state index in [-0.39, 0.29) is 5.41 Å². The van der Waals surface area contributed by atoms with Crippen molar-refractivity contribution in [2.75, 3.05) is 5.73 Å². The van der Waals surface area contributed by atoms with Crippen LogP contribution in [-0.2, 0) is 18.9 Å². The number of rotatable bonds is 3. The monoisotopic (exact) mass is 273 g/mol. The number of hydrogen-bond donors (Lipinski definition) is 1. The van der Waals surface area contributed by atoms with E-state index in [4.69, 9.17) is 10.5 Å². The quantitative estimate of drug-likeness (QED) is 0.928. The molecule has 0 aliphatic heterocycles. The molecule has 4 nitrogen and oxygen atoms in total. The molecule has 0 aliphatic carbocycles. The van der Waals surface area contributed by atoms with Gasteiger partial charge in [-0.15, -0.1) is 5.10 Å². The Hall–Kier alpha value is -1.97. The van der Waals surface area contributed by atoms with Crippen LogP contribution < -0.4 is 10.5 Å². The molecule has 2 N–H and O–H groups in total. The molecular formula is C16H23N3O. The molecule has 2 rings (SSSR count). The Morgan fingerprint density at radius 2 is 2.00 bits per heavy atom. The second-order valence-electron chi connectivity index (χ2n) is 6.10. The smallest absolute Gasteiger partial charge is 0.261 e. The first-order chi connectivity index (χ1) is 9.31. The number of nitrogens with zero attached hydrogens (tertiary/aromatic N) is 2. The largest absolute Gasteiger partial charge is 0.436 e. The van der Waals surface area contributed by atoms with Crippen LogP contribution in [0.4, 0.5) is 5.69 Å². The number of aromatic nitrogens is 2. The molecule has 0 bridgehead atoms. The van der Waals surface area contributed by atoms with E-state index in [0.29, 0.717) is 11.6 Å². The van der Waals surface area contributed by atoms with Crippen LogP contribution in [0.5, 0.6) is 11.6 Å². The van der Waals surface area contributed by atoms with Gasteiger partial charge >= 0.3 is 0 Å². The third kappa shape index (κ3) is 2.95. The third-order valence-electron chi connectivity index (χ3n) is 3.29. The summed E-state index contributed by atoms with van der Waals surface area (Å²) in [4.78, 5) is 0. The van der Waals surface area contributed by atoms with Crippen molar-refractivity contribution in [3.05, 3.63) is 35.5 Å². The van der Waals surface area contributed by atoms with Crippen molar-refractivity contribution in [3.8, 4) is 11.6 Å². The van der Waals surface area contributed by atoms with Crippen molar-refractivity contribution in [3.63, 3.8) is 0 Å². The number of hydrogen-bond acceptors (Lipinski definition) is 3. The maximum Gasteiger partial charge on any atom is 0.261 e. The lowest BCUT2D eigenvalue weighted by atomic mass is 9.85. The SMILES string of the molecule is CCc1ccc(Oc2nn(C)cc2N)c(C(C)(C)C)c1. The first-order valence-corrected chi connectivity index (χ1v) is 6.91. The topological polar surface area (TPSA) is 53.1 Å². The lowest BCUT2D eigenvalue weighted by Crippen LogP contribution is -2.13. The molecule has 0 saturated heterocycles. The van der Waals surface area contributed by atoms with Crippen LogP contribution in [0.2, 0.25) is 0 Å². The fourth-order valence-electron chi connectivity index (χ4n) is 2.14. The lowest BCUT2D eigenvalue weighted by molar-refractivity contribution is 0.434. The maximum absolute atomic E-state index is 5.93. The van der Waals surface area contributed by atoms with Gasteiger partial charge < -0.3 is 10.5 Å². The molecule has 4 heteroatoms. The Kier molecular flexibility index (Phi) is 3.75. The summed E-state index contributed by atoms with van der Waals surface area (Å²) >= 11 is 0. The summed E-state index contributed by atoms with van der Waals surface area (Å²) in [6, 6.07) is 6.30. The van der Waals surface area contributed by atoms with Gasteiger partial charge in [0.2, 0.25) is 0 Å². The average molecular weight is 273 g/mol. The van der Waals surface area contributed by atoms with Gasteiger partial charge in [0.25, 0.3) is 5.88 Å². The molecule has 0 fully saturated rings. The Labute approximate surface area is 120 Å². The second kappa shape index (κ2) is 5.19. The standard InChI is InChI=1S/C16H23N3O/c1-6-11-7-8-14(12(9-11)16(2,3)4)20-15-13(17)10-19(5)18-15/h7-10H,6,17H2,1-5H3. The van der Waals surface area contributed by atoms with E-state index in [0.717, 1.165) is 12.2 Å². The van der Waals surface area contributed by atoms with Gasteiger partial charge in [0, 0.05) is 12.6 Å². The third-order valence-corrected chi connectivity index (χ3v) is 3.29. The minimum absolute atomic E-state index is 0.00402. The van der Waals surface area contributed by atoms with Crippen LogP contribution in [0.25, 0.3) is 0 Å². The van der Waals surface area contributed by atoms with E-state index >= 15 is 0 Å². The van der Waals surface area contributed by atoms with Crippen LogP contribution >= 0.6 is 0 Å². The zero-order chi connectivity index (χ0) is 14.9. The summed E-state index contributed by atoms with van der Waals surface area (Å²) < 4.78 is 7.58. The first-order valence-electron chi connectivity index (χ1n) is 6.91. The molecule has 0 radical (unpaired) electrons. The van der Waals surface area contributed by atoms with Crippen LogP contribution in [0, 0.1) is 0 Å². The summed E-state index contributed by atoms with van der Waals surface area (Å²) in [6.07, 6.45) is 2.75. The highest BCUT2D eigenvalue weighted by Crippen LogP contribution is 2.36. The lowest BCUT2D eigenvalue weighted by Gasteiger charge is -2.23. The van der Waals surface area contributed by atoms with Gasteiger partial charge in [-0.3, -0.25) is 4.68 Å². The van der Waals surface area contributed by atoms with E-state index < -0.39 is 0 Å². The van der Waals surface area contributed by atoms with Crippen molar-refractivity contribution in [2.24, 2.45) is 7.05 Å². The first kappa shape index (κ1) is 14.4. The van der Waals surface area contributed by atoms with Crippen molar-refractivity contribution >= 4 is 5.69 Å². The molecule has 1 heterocycles. The molecule has 0 atom stereocenters. The molecule has 20 heavy (non-hydrogen) atoms. The summed E-state index contributed by atoms with van der Waals surface area (Å²) in [5.41, 5.74) is 8.92. The number of anilines is 1. The second-order valence-corrected chi connectivity index (χ2v) is 6.10. The fraction of sp³-hybridized carbons (Fsp3) is 0.438. The van der Waals surface area contributed by atoms with E-state index in [1.165, 1.54) is 11.1 Å². The Bertz CT molecular complexity index is 609. The molecule has 0 amide bonds. The number of nitrogens with two attached hydrogens (primary N) is 1. The molecule has 1 aromatic carbocycles. The Morgan fingerprint density at radius 3 is 2.50 bits per heavy atom. The van der Waals surface area contributed by atoms with Gasteiger partial charge in [-0.2, -0.15) is 0 Å². The summed E-state index contributed by atoms with van der Waals surface area (Å²) in [5, 5.41) is 4.24. The average Bonchev–Trinajstić information content (AvgIpc) is 2.67. The van der Waals surface area contributed by atoms with Crippen molar-refractivity contribution < 1.29 is 4.74 Å². The zero-order valence-corrected chi connectivity index (χ0v) is 12.9. The van der Waals surface area contributed by atoms with Crippen LogP contribution in [0.15, 0.2) is 24.4 Å². The van der Waals surface area contributed by atoms with Gasteiger partial charge in [-0.1, -0.05) is 39.8 Å². The van der Waals surface area contributed by atoms with E-state index in [2.05, 4.69) is 44.9 Å². The molecule has 0 unspecified atom stereocenters. The highest BCUT2D eigenvalue weighted by atomic mass is 16.5. The fourth-order valence-corrected chi connectivity index (χ4v) is 2.14. The number of ether oxygens (including phenoxy) is 1. The zero-order valence-electron chi connectivity index (χ0n) is 12.9. The van der Waals surface area contributed by atoms with E-state index in [9.17, 15) is 0 Å². The van der Waals surface area contributed by atoms with Crippen molar-refractivity contribution in [1.82, 2.24) is 9.78 Å². The van der Waals surface area contributed by atoms with Crippen molar-refractivity contribution in [2.45, 2.75) is 39.5 Å². The normalized spacial score (nSPS) is 11.7.